The first-order valence-corrected chi connectivity index (χ1v) is 7.42. The third-order valence-electron chi connectivity index (χ3n) is 2.71. The number of nitrogens with one attached hydrogen (secondary N) is 1. The topological polar surface area (TPSA) is 12.0 Å². The summed E-state index contributed by atoms with van der Waals surface area (Å²) in [4.78, 5) is 1.36. The third kappa shape index (κ3) is 2.97. The van der Waals surface area contributed by atoms with Crippen molar-refractivity contribution in [3.63, 3.8) is 0 Å². The van der Waals surface area contributed by atoms with Crippen molar-refractivity contribution in [2.24, 2.45) is 0 Å². The van der Waals surface area contributed by atoms with Crippen molar-refractivity contribution in [2.75, 3.05) is 6.54 Å². The molecule has 17 heavy (non-hydrogen) atoms. The molecule has 1 aromatic heterocycles. The minimum absolute atomic E-state index is 0.278. The van der Waals surface area contributed by atoms with E-state index < -0.39 is 0 Å². The normalized spacial score (nSPS) is 12.6. The van der Waals surface area contributed by atoms with Gasteiger partial charge in [-0.3, -0.25) is 0 Å². The summed E-state index contributed by atoms with van der Waals surface area (Å²) in [5.41, 5.74) is 2.65. The van der Waals surface area contributed by atoms with Crippen LogP contribution in [0, 0.1) is 6.92 Å². The van der Waals surface area contributed by atoms with Crippen LogP contribution < -0.4 is 5.32 Å². The summed E-state index contributed by atoms with van der Waals surface area (Å²) in [5, 5.41) is 5.78. The van der Waals surface area contributed by atoms with Crippen LogP contribution >= 0.6 is 27.3 Å². The molecule has 2 aromatic rings. The SMILES string of the molecule is CCNC(c1csc(C)c1)c1ccccc1Br. The van der Waals surface area contributed by atoms with E-state index in [-0.39, 0.29) is 6.04 Å². The fourth-order valence-electron chi connectivity index (χ4n) is 1.94. The maximum absolute atomic E-state index is 3.63. The van der Waals surface area contributed by atoms with Crippen LogP contribution in [-0.4, -0.2) is 6.54 Å². The van der Waals surface area contributed by atoms with Crippen molar-refractivity contribution >= 4 is 27.3 Å². The molecule has 0 saturated heterocycles. The lowest BCUT2D eigenvalue weighted by atomic mass is 10.0. The first-order chi connectivity index (χ1) is 8.22. The molecule has 0 aliphatic rings. The van der Waals surface area contributed by atoms with E-state index in [1.54, 1.807) is 11.3 Å². The zero-order chi connectivity index (χ0) is 12.3. The maximum Gasteiger partial charge on any atom is 0.0596 e. The zero-order valence-corrected chi connectivity index (χ0v) is 12.4. The van der Waals surface area contributed by atoms with Crippen molar-refractivity contribution < 1.29 is 0 Å². The number of benzene rings is 1. The van der Waals surface area contributed by atoms with Crippen LogP contribution in [0.25, 0.3) is 0 Å². The van der Waals surface area contributed by atoms with Crippen molar-refractivity contribution in [2.45, 2.75) is 19.9 Å². The molecule has 0 aliphatic heterocycles. The fraction of sp³-hybridized carbons (Fsp3) is 0.286. The van der Waals surface area contributed by atoms with Gasteiger partial charge in [0.05, 0.1) is 6.04 Å². The summed E-state index contributed by atoms with van der Waals surface area (Å²) in [6.07, 6.45) is 0. The monoisotopic (exact) mass is 309 g/mol. The van der Waals surface area contributed by atoms with Gasteiger partial charge in [0.25, 0.3) is 0 Å². The van der Waals surface area contributed by atoms with Gasteiger partial charge < -0.3 is 5.32 Å². The number of halogens is 1. The lowest BCUT2D eigenvalue weighted by Crippen LogP contribution is -2.21. The zero-order valence-electron chi connectivity index (χ0n) is 10.0. The highest BCUT2D eigenvalue weighted by molar-refractivity contribution is 9.10. The molecule has 0 aliphatic carbocycles. The molecule has 0 amide bonds. The molecule has 1 unspecified atom stereocenters. The van der Waals surface area contributed by atoms with Gasteiger partial charge in [-0.25, -0.2) is 0 Å². The molecule has 0 saturated carbocycles. The molecule has 0 bridgehead atoms. The average molecular weight is 310 g/mol. The van der Waals surface area contributed by atoms with Crippen LogP contribution in [0.4, 0.5) is 0 Å². The van der Waals surface area contributed by atoms with Gasteiger partial charge in [-0.15, -0.1) is 11.3 Å². The molecule has 1 N–H and O–H groups in total. The van der Waals surface area contributed by atoms with Gasteiger partial charge >= 0.3 is 0 Å². The second-order valence-electron chi connectivity index (χ2n) is 4.00. The lowest BCUT2D eigenvalue weighted by Gasteiger charge is -2.18. The van der Waals surface area contributed by atoms with E-state index in [1.807, 2.05) is 0 Å². The second kappa shape index (κ2) is 5.80. The van der Waals surface area contributed by atoms with E-state index in [4.69, 9.17) is 0 Å². The highest BCUT2D eigenvalue weighted by Crippen LogP contribution is 2.30. The standard InChI is InChI=1S/C14H16BrNS/c1-3-16-14(11-8-10(2)17-9-11)12-6-4-5-7-13(12)15/h4-9,14,16H,3H2,1-2H3. The van der Waals surface area contributed by atoms with E-state index in [9.17, 15) is 0 Å². The maximum atomic E-state index is 3.63. The van der Waals surface area contributed by atoms with Gasteiger partial charge in [-0.05, 0) is 42.1 Å². The summed E-state index contributed by atoms with van der Waals surface area (Å²) >= 11 is 5.44. The van der Waals surface area contributed by atoms with E-state index in [1.165, 1.54) is 16.0 Å². The van der Waals surface area contributed by atoms with Gasteiger partial charge in [0.1, 0.15) is 0 Å². The molecule has 1 atom stereocenters. The van der Waals surface area contributed by atoms with Crippen molar-refractivity contribution in [3.8, 4) is 0 Å². The van der Waals surface area contributed by atoms with Crippen molar-refractivity contribution in [1.29, 1.82) is 0 Å². The van der Waals surface area contributed by atoms with Gasteiger partial charge in [-0.1, -0.05) is 41.1 Å². The third-order valence-corrected chi connectivity index (χ3v) is 4.31. The summed E-state index contributed by atoms with van der Waals surface area (Å²) in [6.45, 7) is 5.25. The molecule has 1 heterocycles. The van der Waals surface area contributed by atoms with E-state index in [0.717, 1.165) is 11.0 Å². The van der Waals surface area contributed by atoms with Crippen LogP contribution in [0.5, 0.6) is 0 Å². The summed E-state index contributed by atoms with van der Waals surface area (Å²) in [7, 11) is 0. The van der Waals surface area contributed by atoms with Gasteiger partial charge in [-0.2, -0.15) is 0 Å². The van der Waals surface area contributed by atoms with Crippen LogP contribution in [-0.2, 0) is 0 Å². The minimum Gasteiger partial charge on any atom is -0.306 e. The van der Waals surface area contributed by atoms with Gasteiger partial charge in [0.15, 0.2) is 0 Å². The first-order valence-electron chi connectivity index (χ1n) is 5.75. The first kappa shape index (κ1) is 12.8. The number of thiophene rings is 1. The lowest BCUT2D eigenvalue weighted by molar-refractivity contribution is 0.630. The highest BCUT2D eigenvalue weighted by Gasteiger charge is 2.16. The molecule has 1 nitrogen and oxygen atoms in total. The Morgan fingerprint density at radius 3 is 2.71 bits per heavy atom. The number of rotatable bonds is 4. The Morgan fingerprint density at radius 1 is 1.35 bits per heavy atom. The molecule has 1 aromatic carbocycles. The van der Waals surface area contributed by atoms with E-state index in [0.29, 0.717) is 0 Å². The summed E-state index contributed by atoms with van der Waals surface area (Å²) < 4.78 is 1.16. The predicted octanol–water partition coefficient (Wildman–Crippen LogP) is 4.52. The Labute approximate surface area is 115 Å². The van der Waals surface area contributed by atoms with Crippen LogP contribution in [0.2, 0.25) is 0 Å². The number of hydrogen-bond acceptors (Lipinski definition) is 2. The Balaban J connectivity index is 2.39. The quantitative estimate of drug-likeness (QED) is 0.875. The predicted molar refractivity (Wildman–Crippen MR) is 78.7 cm³/mol. The Hall–Kier alpha value is -0.640. The van der Waals surface area contributed by atoms with Crippen LogP contribution in [0.15, 0.2) is 40.2 Å². The number of aryl methyl sites for hydroxylation is 1. The summed E-state index contributed by atoms with van der Waals surface area (Å²) in [6, 6.07) is 10.9. The Morgan fingerprint density at radius 2 is 2.12 bits per heavy atom. The summed E-state index contributed by atoms with van der Waals surface area (Å²) in [5.74, 6) is 0. The van der Waals surface area contributed by atoms with Crippen molar-refractivity contribution in [1.82, 2.24) is 5.32 Å². The number of hydrogen-bond donors (Lipinski definition) is 1. The van der Waals surface area contributed by atoms with E-state index in [2.05, 4.69) is 70.8 Å². The fourth-order valence-corrected chi connectivity index (χ4v) is 3.18. The minimum atomic E-state index is 0.278. The van der Waals surface area contributed by atoms with Crippen LogP contribution in [0.3, 0.4) is 0 Å². The average Bonchev–Trinajstić information content (AvgIpc) is 2.74. The van der Waals surface area contributed by atoms with Gasteiger partial charge in [0, 0.05) is 9.35 Å². The second-order valence-corrected chi connectivity index (χ2v) is 5.97. The molecule has 2 rings (SSSR count). The molecule has 0 fully saturated rings. The molecular formula is C14H16BrNS. The molecular weight excluding hydrogens is 294 g/mol. The largest absolute Gasteiger partial charge is 0.306 e. The Bertz CT molecular complexity index is 492. The van der Waals surface area contributed by atoms with Crippen LogP contribution in [0.1, 0.15) is 29.0 Å². The highest BCUT2D eigenvalue weighted by atomic mass is 79.9. The van der Waals surface area contributed by atoms with E-state index >= 15 is 0 Å². The van der Waals surface area contributed by atoms with Crippen molar-refractivity contribution in [3.05, 3.63) is 56.2 Å². The Kier molecular flexibility index (Phi) is 4.37. The smallest absolute Gasteiger partial charge is 0.0596 e. The molecule has 0 spiro atoms. The molecule has 90 valence electrons. The molecule has 3 heteroatoms. The van der Waals surface area contributed by atoms with Gasteiger partial charge in [0.2, 0.25) is 0 Å². The molecule has 0 radical (unpaired) electrons.